The summed E-state index contributed by atoms with van der Waals surface area (Å²) in [5.41, 5.74) is 2.64. The number of nitrogens with zero attached hydrogens (tertiary/aromatic N) is 1. The van der Waals surface area contributed by atoms with E-state index in [1.807, 2.05) is 32.0 Å². The molecule has 1 aromatic carbocycles. The van der Waals surface area contributed by atoms with Gasteiger partial charge in [-0.1, -0.05) is 13.3 Å². The fourth-order valence-electron chi connectivity index (χ4n) is 3.10. The monoisotopic (exact) mass is 317 g/mol. The van der Waals surface area contributed by atoms with Crippen molar-refractivity contribution in [1.29, 1.82) is 0 Å². The van der Waals surface area contributed by atoms with E-state index in [0.29, 0.717) is 12.2 Å². The molecule has 0 amide bonds. The third-order valence-electron chi connectivity index (χ3n) is 4.12. The average molecular weight is 317 g/mol. The normalized spacial score (nSPS) is 12.4. The van der Waals surface area contributed by atoms with Crippen molar-refractivity contribution in [3.05, 3.63) is 29.5 Å². The number of aryl methyl sites for hydroxylation is 1. The molecular weight excluding hydrogens is 290 g/mol. The Kier molecular flexibility index (Phi) is 5.69. The number of hydrogen-bond donors (Lipinski definition) is 0. The molecule has 1 heterocycles. The highest BCUT2D eigenvalue weighted by atomic mass is 16.5. The first kappa shape index (κ1) is 17.4. The van der Waals surface area contributed by atoms with Crippen LogP contribution in [0.25, 0.3) is 10.9 Å². The smallest absolute Gasteiger partial charge is 0.340 e. The fourth-order valence-corrected chi connectivity index (χ4v) is 3.10. The summed E-state index contributed by atoms with van der Waals surface area (Å²) in [4.78, 5) is 12.4. The van der Waals surface area contributed by atoms with Crippen LogP contribution >= 0.6 is 0 Å². The molecule has 4 nitrogen and oxygen atoms in total. The minimum absolute atomic E-state index is 0.165. The highest BCUT2D eigenvalue weighted by Crippen LogP contribution is 2.30. The van der Waals surface area contributed by atoms with Gasteiger partial charge in [0.2, 0.25) is 0 Å². The maximum absolute atomic E-state index is 12.4. The molecule has 0 radical (unpaired) electrons. The molecule has 1 atom stereocenters. The predicted molar refractivity (Wildman–Crippen MR) is 93.3 cm³/mol. The van der Waals surface area contributed by atoms with Gasteiger partial charge in [-0.25, -0.2) is 4.79 Å². The molecule has 0 N–H and O–H groups in total. The van der Waals surface area contributed by atoms with Crippen molar-refractivity contribution in [2.75, 3.05) is 6.61 Å². The Morgan fingerprint density at radius 3 is 2.61 bits per heavy atom. The molecule has 4 heteroatoms. The Balaban J connectivity index is 2.50. The van der Waals surface area contributed by atoms with Gasteiger partial charge in [0, 0.05) is 23.1 Å². The summed E-state index contributed by atoms with van der Waals surface area (Å²) in [5.74, 6) is 0.540. The topological polar surface area (TPSA) is 40.5 Å². The highest BCUT2D eigenvalue weighted by molar-refractivity contribution is 6.06. The zero-order valence-electron chi connectivity index (χ0n) is 14.8. The Morgan fingerprint density at radius 2 is 2.00 bits per heavy atom. The molecule has 0 fully saturated rings. The quantitative estimate of drug-likeness (QED) is 0.694. The summed E-state index contributed by atoms with van der Waals surface area (Å²) in [5, 5.41) is 0.906. The zero-order valence-corrected chi connectivity index (χ0v) is 14.8. The number of ether oxygens (including phenoxy) is 2. The molecule has 0 aliphatic rings. The second kappa shape index (κ2) is 7.53. The van der Waals surface area contributed by atoms with E-state index in [2.05, 4.69) is 25.3 Å². The van der Waals surface area contributed by atoms with Crippen LogP contribution in [0.5, 0.6) is 5.75 Å². The van der Waals surface area contributed by atoms with Crippen LogP contribution in [0.1, 0.15) is 56.6 Å². The first-order valence-electron chi connectivity index (χ1n) is 8.50. The highest BCUT2D eigenvalue weighted by Gasteiger charge is 2.21. The van der Waals surface area contributed by atoms with E-state index >= 15 is 0 Å². The fraction of sp³-hybridized carbons (Fsp3) is 0.526. The number of esters is 1. The average Bonchev–Trinajstić information content (AvgIpc) is 2.78. The lowest BCUT2D eigenvalue weighted by molar-refractivity contribution is 0.0527. The van der Waals surface area contributed by atoms with Gasteiger partial charge in [-0.3, -0.25) is 0 Å². The molecular formula is C19H27NO3. The van der Waals surface area contributed by atoms with E-state index < -0.39 is 0 Å². The molecule has 0 saturated carbocycles. The van der Waals surface area contributed by atoms with Gasteiger partial charge < -0.3 is 14.0 Å². The van der Waals surface area contributed by atoms with Gasteiger partial charge >= 0.3 is 5.97 Å². The van der Waals surface area contributed by atoms with Crippen LogP contribution in [-0.4, -0.2) is 23.2 Å². The SMILES string of the molecule is CCCC(C)Oc1ccc2c(c1)c(C(=O)OCC)c(C)n2CC. The van der Waals surface area contributed by atoms with Crippen LogP contribution in [-0.2, 0) is 11.3 Å². The Morgan fingerprint density at radius 1 is 1.26 bits per heavy atom. The first-order valence-corrected chi connectivity index (χ1v) is 8.50. The first-order chi connectivity index (χ1) is 11.0. The standard InChI is InChI=1S/C19H27NO3/c1-6-9-13(4)23-15-10-11-17-16(12-15)18(19(21)22-8-3)14(5)20(17)7-2/h10-13H,6-9H2,1-5H3. The maximum Gasteiger partial charge on any atom is 0.340 e. The summed E-state index contributed by atoms with van der Waals surface area (Å²) < 4.78 is 13.4. The minimum atomic E-state index is -0.263. The number of carbonyl (C=O) groups is 1. The molecule has 0 bridgehead atoms. The van der Waals surface area contributed by atoms with Gasteiger partial charge in [0.15, 0.2) is 0 Å². The molecule has 1 aromatic heterocycles. The van der Waals surface area contributed by atoms with Crippen molar-refractivity contribution >= 4 is 16.9 Å². The molecule has 2 aromatic rings. The van der Waals surface area contributed by atoms with Crippen LogP contribution in [0.4, 0.5) is 0 Å². The van der Waals surface area contributed by atoms with Gasteiger partial charge in [0.05, 0.1) is 18.3 Å². The molecule has 23 heavy (non-hydrogen) atoms. The lowest BCUT2D eigenvalue weighted by Gasteiger charge is -2.14. The largest absolute Gasteiger partial charge is 0.491 e. The number of hydrogen-bond acceptors (Lipinski definition) is 3. The molecule has 1 unspecified atom stereocenters. The van der Waals surface area contributed by atoms with E-state index in [0.717, 1.165) is 41.7 Å². The molecule has 0 saturated heterocycles. The lowest BCUT2D eigenvalue weighted by Crippen LogP contribution is -2.11. The summed E-state index contributed by atoms with van der Waals surface area (Å²) in [6.45, 7) is 11.3. The summed E-state index contributed by atoms with van der Waals surface area (Å²) >= 11 is 0. The van der Waals surface area contributed by atoms with Gasteiger partial charge in [0.25, 0.3) is 0 Å². The van der Waals surface area contributed by atoms with Crippen molar-refractivity contribution in [3.63, 3.8) is 0 Å². The lowest BCUT2D eigenvalue weighted by atomic mass is 10.1. The van der Waals surface area contributed by atoms with Crippen LogP contribution in [0.15, 0.2) is 18.2 Å². The number of rotatable bonds is 7. The van der Waals surface area contributed by atoms with E-state index in [4.69, 9.17) is 9.47 Å². The van der Waals surface area contributed by atoms with Crippen molar-refractivity contribution in [2.24, 2.45) is 0 Å². The number of carbonyl (C=O) groups excluding carboxylic acids is 1. The van der Waals surface area contributed by atoms with Crippen LogP contribution in [0, 0.1) is 6.92 Å². The van der Waals surface area contributed by atoms with E-state index in [1.54, 1.807) is 0 Å². The molecule has 0 aliphatic heterocycles. The third-order valence-corrected chi connectivity index (χ3v) is 4.12. The van der Waals surface area contributed by atoms with E-state index in [9.17, 15) is 4.79 Å². The summed E-state index contributed by atoms with van der Waals surface area (Å²) in [6.07, 6.45) is 2.26. The van der Waals surface area contributed by atoms with Gasteiger partial charge in [-0.15, -0.1) is 0 Å². The number of benzene rings is 1. The van der Waals surface area contributed by atoms with Crippen LogP contribution < -0.4 is 4.74 Å². The molecule has 126 valence electrons. The van der Waals surface area contributed by atoms with Gasteiger partial charge in [-0.2, -0.15) is 0 Å². The third kappa shape index (κ3) is 3.52. The summed E-state index contributed by atoms with van der Waals surface area (Å²) in [6, 6.07) is 5.98. The van der Waals surface area contributed by atoms with Crippen molar-refractivity contribution in [2.45, 2.75) is 60.1 Å². The van der Waals surface area contributed by atoms with Gasteiger partial charge in [-0.05, 0) is 52.3 Å². The van der Waals surface area contributed by atoms with Crippen molar-refractivity contribution in [3.8, 4) is 5.75 Å². The van der Waals surface area contributed by atoms with E-state index in [-0.39, 0.29) is 12.1 Å². The maximum atomic E-state index is 12.4. The minimum Gasteiger partial charge on any atom is -0.491 e. The second-order valence-corrected chi connectivity index (χ2v) is 5.82. The second-order valence-electron chi connectivity index (χ2n) is 5.82. The van der Waals surface area contributed by atoms with E-state index in [1.165, 1.54) is 0 Å². The Bertz CT molecular complexity index is 687. The molecule has 2 rings (SSSR count). The Labute approximate surface area is 138 Å². The van der Waals surface area contributed by atoms with Crippen molar-refractivity contribution < 1.29 is 14.3 Å². The number of aromatic nitrogens is 1. The van der Waals surface area contributed by atoms with Crippen LogP contribution in [0.2, 0.25) is 0 Å². The van der Waals surface area contributed by atoms with Crippen LogP contribution in [0.3, 0.4) is 0 Å². The zero-order chi connectivity index (χ0) is 17.0. The molecule has 0 spiro atoms. The summed E-state index contributed by atoms with van der Waals surface area (Å²) in [7, 11) is 0. The number of fused-ring (bicyclic) bond motifs is 1. The molecule has 0 aliphatic carbocycles. The van der Waals surface area contributed by atoms with Gasteiger partial charge in [0.1, 0.15) is 5.75 Å². The Hall–Kier alpha value is -1.97. The predicted octanol–water partition coefficient (Wildman–Crippen LogP) is 4.71. The van der Waals surface area contributed by atoms with Crippen molar-refractivity contribution in [1.82, 2.24) is 4.57 Å².